The second kappa shape index (κ2) is 26.6. The highest BCUT2D eigenvalue weighted by molar-refractivity contribution is 9.14. The lowest BCUT2D eigenvalue weighted by atomic mass is 10.0. The van der Waals surface area contributed by atoms with Gasteiger partial charge in [0.25, 0.3) is 0 Å². The monoisotopic (exact) mass is 1430 g/mol. The predicted molar refractivity (Wildman–Crippen MR) is 392 cm³/mol. The molecule has 0 saturated heterocycles. The van der Waals surface area contributed by atoms with E-state index >= 15 is 0 Å². The molecule has 0 fully saturated rings. The third-order valence-electron chi connectivity index (χ3n) is 15.5. The number of anilines is 8. The molecule has 3 aromatic heterocycles. The molecule has 0 bridgehead atoms. The highest BCUT2D eigenvalue weighted by atomic mass is 79.9. The van der Waals surface area contributed by atoms with Crippen molar-refractivity contribution in [2.24, 2.45) is 0 Å². The minimum atomic E-state index is 0.689. The van der Waals surface area contributed by atoms with E-state index in [0.717, 1.165) is 118 Å². The van der Waals surface area contributed by atoms with Gasteiger partial charge in [0.15, 0.2) is 11.6 Å². The van der Waals surface area contributed by atoms with Crippen molar-refractivity contribution in [3.8, 4) is 22.3 Å². The van der Waals surface area contributed by atoms with Gasteiger partial charge in [-0.05, 0) is 215 Å². The zero-order valence-electron chi connectivity index (χ0n) is 48.5. The molecule has 0 aliphatic rings. The maximum atomic E-state index is 5.28. The third-order valence-corrected chi connectivity index (χ3v) is 19.4. The fourth-order valence-electron chi connectivity index (χ4n) is 11.0. The van der Waals surface area contributed by atoms with E-state index < -0.39 is 0 Å². The average Bonchev–Trinajstić information content (AvgIpc) is 1.02. The molecule has 3 heterocycles. The van der Waals surface area contributed by atoms with Gasteiger partial charge in [-0.1, -0.05) is 188 Å². The summed E-state index contributed by atoms with van der Waals surface area (Å²) in [5.41, 5.74) is 14.3. The number of hydrogen-bond acceptors (Lipinski definition) is 9. The van der Waals surface area contributed by atoms with Gasteiger partial charge in [-0.25, -0.2) is 15.0 Å². The summed E-state index contributed by atoms with van der Waals surface area (Å²) in [6.07, 6.45) is 5.49. The van der Waals surface area contributed by atoms with E-state index in [1.165, 1.54) is 21.9 Å². The summed E-state index contributed by atoms with van der Waals surface area (Å²) in [4.78, 5) is 34.0. The molecule has 0 amide bonds. The Morgan fingerprint density at radius 1 is 0.275 bits per heavy atom. The number of fused-ring (bicyclic) bond motifs is 6. The first-order chi connectivity index (χ1) is 44.7. The van der Waals surface area contributed by atoms with E-state index in [0.29, 0.717) is 11.6 Å². The fourth-order valence-corrected chi connectivity index (χ4v) is 13.0. The van der Waals surface area contributed by atoms with Crippen LogP contribution in [0.1, 0.15) is 0 Å². The maximum Gasteiger partial charge on any atom is 0.156 e. The Hall–Kier alpha value is -10.0. The van der Waals surface area contributed by atoms with Crippen LogP contribution in [-0.2, 0) is 0 Å². The van der Waals surface area contributed by atoms with Gasteiger partial charge < -0.3 is 5.32 Å². The summed E-state index contributed by atoms with van der Waals surface area (Å²) in [5.74, 6) is 2.13. The smallest absolute Gasteiger partial charge is 0.156 e. The molecule has 0 saturated carbocycles. The van der Waals surface area contributed by atoms with Crippen LogP contribution < -0.4 is 15.1 Å². The van der Waals surface area contributed by atoms with Crippen molar-refractivity contribution >= 4 is 175 Å². The van der Waals surface area contributed by atoms with Crippen molar-refractivity contribution in [3.05, 3.63) is 322 Å². The summed E-state index contributed by atoms with van der Waals surface area (Å²) in [5, 5.41) is 10.1. The van der Waals surface area contributed by atoms with E-state index in [1.807, 2.05) is 128 Å². The zero-order chi connectivity index (χ0) is 61.6. The van der Waals surface area contributed by atoms with Gasteiger partial charge in [-0.3, -0.25) is 24.8 Å². The van der Waals surface area contributed by atoms with Crippen molar-refractivity contribution < 1.29 is 0 Å². The van der Waals surface area contributed by atoms with Crippen LogP contribution in [0.3, 0.4) is 0 Å². The van der Waals surface area contributed by atoms with Crippen LogP contribution in [0.15, 0.2) is 322 Å². The molecule has 1 N–H and O–H groups in total. The Morgan fingerprint density at radius 3 is 0.989 bits per heavy atom. The second-order valence-electron chi connectivity index (χ2n) is 21.4. The van der Waals surface area contributed by atoms with Gasteiger partial charge in [0.05, 0.1) is 67.5 Å². The van der Waals surface area contributed by atoms with Crippen LogP contribution in [-0.4, -0.2) is 29.9 Å². The van der Waals surface area contributed by atoms with Crippen LogP contribution >= 0.6 is 63.7 Å². The first-order valence-corrected chi connectivity index (χ1v) is 32.5. The summed E-state index contributed by atoms with van der Waals surface area (Å²) in [6, 6.07) is 97.5. The largest absolute Gasteiger partial charge is 0.339 e. The van der Waals surface area contributed by atoms with Crippen molar-refractivity contribution in [1.82, 2.24) is 29.9 Å². The number of para-hydroxylation sites is 3. The van der Waals surface area contributed by atoms with Crippen LogP contribution in [0.5, 0.6) is 0 Å². The van der Waals surface area contributed by atoms with Crippen molar-refractivity contribution in [2.45, 2.75) is 0 Å². The number of hydrogen-bond donors (Lipinski definition) is 1. The summed E-state index contributed by atoms with van der Waals surface area (Å²) in [7, 11) is 0. The summed E-state index contributed by atoms with van der Waals surface area (Å²) >= 11 is 14.7. The lowest BCUT2D eigenvalue weighted by Crippen LogP contribution is -2.17. The minimum Gasteiger partial charge on any atom is -0.339 e. The van der Waals surface area contributed by atoms with Gasteiger partial charge in [-0.2, -0.15) is 0 Å². The van der Waals surface area contributed by atoms with Gasteiger partial charge in [-0.15, -0.1) is 0 Å². The molecule has 91 heavy (non-hydrogen) atoms. The lowest BCUT2D eigenvalue weighted by molar-refractivity contribution is 1.15. The van der Waals surface area contributed by atoms with Gasteiger partial charge in [0, 0.05) is 30.5 Å². The Kier molecular flexibility index (Phi) is 17.1. The van der Waals surface area contributed by atoms with Crippen LogP contribution in [0.25, 0.3) is 87.7 Å². The molecule has 16 aromatic rings. The third kappa shape index (κ3) is 12.9. The van der Waals surface area contributed by atoms with Crippen molar-refractivity contribution in [1.29, 1.82) is 0 Å². The molecule has 9 nitrogen and oxygen atoms in total. The number of rotatable bonds is 10. The van der Waals surface area contributed by atoms with Crippen LogP contribution in [0.2, 0.25) is 0 Å². The molecule has 0 spiro atoms. The lowest BCUT2D eigenvalue weighted by Gasteiger charge is -2.31. The number of nitrogens with zero attached hydrogens (tertiary/aromatic N) is 8. The molecule has 0 aliphatic heterocycles. The topological polar surface area (TPSA) is 95.9 Å². The van der Waals surface area contributed by atoms with E-state index in [9.17, 15) is 0 Å². The standard InChI is InChI=1S/C48H31BrN6.C18H13N3.C12H7Br3/c49-48-44(54(38-20-6-2-7-21-38)46-30-50-40-24-33-16-10-12-18-35(33)26-42(40)52-46)28-37(32-14-4-1-5-15-32)29-45(48)55(39-22-8-3-9-23-39)47-31-51-41-25-34-17-11-13-19-36(34)27-43(41)53-47;1-2-8-15(9-3-1)20-18-12-19-16-10-13-6-4-5-7-14(13)11-17(16)21-18;13-10-6-9(7-11(14)12(10)15)8-4-2-1-3-5-8/h1-31H;1-12H,(H,20,21);1-7H. The molecule has 0 aliphatic carbocycles. The molecule has 436 valence electrons. The molecule has 0 unspecified atom stereocenters. The van der Waals surface area contributed by atoms with E-state index in [4.69, 9.17) is 19.9 Å². The Bertz CT molecular complexity index is 5080. The molecule has 16 rings (SSSR count). The van der Waals surface area contributed by atoms with Crippen molar-refractivity contribution in [3.63, 3.8) is 0 Å². The second-order valence-corrected chi connectivity index (χ2v) is 24.7. The SMILES string of the molecule is Brc1c(N(c2ccccc2)c2cnc3cc4ccccc4cc3n2)cc(-c2ccccc2)cc1N(c1ccccc1)c1cnc2cc3ccccc3cc2n1.Brc1cc(-c2ccccc2)cc(Br)c1Br.c1ccc(Nc2cnc3cc4ccccc4cc3n2)cc1. The number of aromatic nitrogens is 6. The summed E-state index contributed by atoms with van der Waals surface area (Å²) in [6.45, 7) is 0. The first kappa shape index (κ1) is 58.7. The van der Waals surface area contributed by atoms with Crippen LogP contribution in [0.4, 0.5) is 45.9 Å². The minimum absolute atomic E-state index is 0.689. The normalized spacial score (nSPS) is 11.1. The Morgan fingerprint density at radius 2 is 0.593 bits per heavy atom. The molecule has 0 radical (unpaired) electrons. The highest BCUT2D eigenvalue weighted by Crippen LogP contribution is 2.49. The molecular weight excluding hydrogens is 1380 g/mol. The number of benzene rings is 13. The predicted octanol–water partition coefficient (Wildman–Crippen LogP) is 23.4. The van der Waals surface area contributed by atoms with Crippen LogP contribution in [0, 0.1) is 0 Å². The number of nitrogens with one attached hydrogen (secondary N) is 1. The molecule has 13 heteroatoms. The fraction of sp³-hybridized carbons (Fsp3) is 0. The number of halogens is 4. The van der Waals surface area contributed by atoms with Gasteiger partial charge >= 0.3 is 0 Å². The first-order valence-electron chi connectivity index (χ1n) is 29.3. The summed E-state index contributed by atoms with van der Waals surface area (Å²) < 4.78 is 3.99. The average molecular weight is 1430 g/mol. The zero-order valence-corrected chi connectivity index (χ0v) is 54.8. The van der Waals surface area contributed by atoms with Crippen molar-refractivity contribution in [2.75, 3.05) is 15.1 Å². The Balaban J connectivity index is 0.000000162. The molecular formula is C78H51Br4N9. The van der Waals surface area contributed by atoms with E-state index in [1.54, 1.807) is 6.20 Å². The molecule has 0 atom stereocenters. The Labute approximate surface area is 559 Å². The van der Waals surface area contributed by atoms with Gasteiger partial charge in [0.1, 0.15) is 5.82 Å². The highest BCUT2D eigenvalue weighted by Gasteiger charge is 2.26. The quantitative estimate of drug-likeness (QED) is 0.106. The van der Waals surface area contributed by atoms with Gasteiger partial charge in [0.2, 0.25) is 0 Å². The van der Waals surface area contributed by atoms with E-state index in [2.05, 4.69) is 259 Å². The maximum absolute atomic E-state index is 5.28. The van der Waals surface area contributed by atoms with E-state index in [-0.39, 0.29) is 0 Å². The molecule has 13 aromatic carbocycles.